The SMILES string of the molecule is Cc1cccc(=O)n1CCCCNC(=O)c1ccc(OC(C)C)cc1. The van der Waals surface area contributed by atoms with Gasteiger partial charge in [0.25, 0.3) is 11.5 Å². The van der Waals surface area contributed by atoms with Crippen molar-refractivity contribution in [2.24, 2.45) is 0 Å². The minimum Gasteiger partial charge on any atom is -0.491 e. The molecule has 0 unspecified atom stereocenters. The number of aryl methyl sites for hydroxylation is 1. The highest BCUT2D eigenvalue weighted by Gasteiger charge is 2.06. The van der Waals surface area contributed by atoms with E-state index in [1.165, 1.54) is 0 Å². The summed E-state index contributed by atoms with van der Waals surface area (Å²) in [4.78, 5) is 23.9. The predicted octanol–water partition coefficient (Wildman–Crippen LogP) is 3.15. The number of nitrogens with one attached hydrogen (secondary N) is 1. The van der Waals surface area contributed by atoms with Crippen molar-refractivity contribution in [1.29, 1.82) is 0 Å². The molecule has 1 aromatic heterocycles. The van der Waals surface area contributed by atoms with E-state index in [1.54, 1.807) is 41.0 Å². The number of carbonyl (C=O) groups excluding carboxylic acids is 1. The largest absolute Gasteiger partial charge is 0.491 e. The second kappa shape index (κ2) is 9.06. The number of hydrogen-bond acceptors (Lipinski definition) is 3. The highest BCUT2D eigenvalue weighted by molar-refractivity contribution is 5.94. The van der Waals surface area contributed by atoms with E-state index in [0.29, 0.717) is 18.7 Å². The van der Waals surface area contributed by atoms with Crippen LogP contribution in [-0.4, -0.2) is 23.1 Å². The van der Waals surface area contributed by atoms with E-state index in [4.69, 9.17) is 4.74 Å². The lowest BCUT2D eigenvalue weighted by atomic mass is 10.2. The van der Waals surface area contributed by atoms with Crippen molar-refractivity contribution in [2.45, 2.75) is 46.3 Å². The first-order valence-corrected chi connectivity index (χ1v) is 8.69. The van der Waals surface area contributed by atoms with Gasteiger partial charge in [-0.2, -0.15) is 0 Å². The van der Waals surface area contributed by atoms with Gasteiger partial charge in [0.2, 0.25) is 0 Å². The van der Waals surface area contributed by atoms with Gasteiger partial charge < -0.3 is 14.6 Å². The Morgan fingerprint density at radius 3 is 2.48 bits per heavy atom. The average Bonchev–Trinajstić information content (AvgIpc) is 2.57. The quantitative estimate of drug-likeness (QED) is 0.750. The van der Waals surface area contributed by atoms with E-state index in [0.717, 1.165) is 24.3 Å². The number of aromatic nitrogens is 1. The summed E-state index contributed by atoms with van der Waals surface area (Å²) in [7, 11) is 0. The third-order valence-electron chi connectivity index (χ3n) is 3.85. The summed E-state index contributed by atoms with van der Waals surface area (Å²) < 4.78 is 7.32. The van der Waals surface area contributed by atoms with Crippen LogP contribution in [0.15, 0.2) is 47.3 Å². The molecule has 1 amide bonds. The van der Waals surface area contributed by atoms with Gasteiger partial charge in [0.05, 0.1) is 6.10 Å². The molecule has 0 aliphatic carbocycles. The summed E-state index contributed by atoms with van der Waals surface area (Å²) in [5.41, 5.74) is 1.60. The summed E-state index contributed by atoms with van der Waals surface area (Å²) >= 11 is 0. The Labute approximate surface area is 148 Å². The van der Waals surface area contributed by atoms with Crippen LogP contribution in [0.4, 0.5) is 0 Å². The molecule has 0 bridgehead atoms. The Kier molecular flexibility index (Phi) is 6.81. The smallest absolute Gasteiger partial charge is 0.251 e. The van der Waals surface area contributed by atoms with Crippen LogP contribution in [0.1, 0.15) is 42.7 Å². The molecule has 1 heterocycles. The fraction of sp³-hybridized carbons (Fsp3) is 0.400. The van der Waals surface area contributed by atoms with Crippen LogP contribution in [-0.2, 0) is 6.54 Å². The molecule has 2 aromatic rings. The minimum absolute atomic E-state index is 0.0211. The highest BCUT2D eigenvalue weighted by atomic mass is 16.5. The Bertz CT molecular complexity index is 748. The monoisotopic (exact) mass is 342 g/mol. The van der Waals surface area contributed by atoms with Crippen LogP contribution >= 0.6 is 0 Å². The number of pyridine rings is 1. The summed E-state index contributed by atoms with van der Waals surface area (Å²) in [6, 6.07) is 12.4. The van der Waals surface area contributed by atoms with Gasteiger partial charge in [-0.3, -0.25) is 9.59 Å². The number of carbonyl (C=O) groups is 1. The Morgan fingerprint density at radius 2 is 1.84 bits per heavy atom. The number of benzene rings is 1. The molecule has 134 valence electrons. The van der Waals surface area contributed by atoms with Crippen LogP contribution in [0.5, 0.6) is 5.75 Å². The first-order chi connectivity index (χ1) is 12.0. The predicted molar refractivity (Wildman–Crippen MR) is 99.2 cm³/mol. The molecule has 0 saturated carbocycles. The molecular formula is C20H26N2O3. The van der Waals surface area contributed by atoms with Crippen molar-refractivity contribution >= 4 is 5.91 Å². The molecule has 1 aromatic carbocycles. The molecule has 0 fully saturated rings. The third kappa shape index (κ3) is 5.78. The molecule has 0 spiro atoms. The third-order valence-corrected chi connectivity index (χ3v) is 3.85. The molecule has 0 saturated heterocycles. The lowest BCUT2D eigenvalue weighted by Gasteiger charge is -2.11. The van der Waals surface area contributed by atoms with E-state index in [2.05, 4.69) is 5.32 Å². The highest BCUT2D eigenvalue weighted by Crippen LogP contribution is 2.13. The van der Waals surface area contributed by atoms with Gasteiger partial charge in [0, 0.05) is 30.4 Å². The second-order valence-corrected chi connectivity index (χ2v) is 6.31. The van der Waals surface area contributed by atoms with Crippen molar-refractivity contribution in [1.82, 2.24) is 9.88 Å². The summed E-state index contributed by atoms with van der Waals surface area (Å²) in [5, 5.41) is 2.91. The van der Waals surface area contributed by atoms with Gasteiger partial charge >= 0.3 is 0 Å². The Morgan fingerprint density at radius 1 is 1.12 bits per heavy atom. The van der Waals surface area contributed by atoms with E-state index in [-0.39, 0.29) is 17.6 Å². The lowest BCUT2D eigenvalue weighted by Crippen LogP contribution is -2.25. The molecule has 2 rings (SSSR count). The average molecular weight is 342 g/mol. The molecule has 0 aliphatic heterocycles. The first-order valence-electron chi connectivity index (χ1n) is 8.69. The molecule has 5 nitrogen and oxygen atoms in total. The van der Waals surface area contributed by atoms with Gasteiger partial charge in [0.15, 0.2) is 0 Å². The van der Waals surface area contributed by atoms with Gasteiger partial charge in [-0.1, -0.05) is 6.07 Å². The van der Waals surface area contributed by atoms with Crippen LogP contribution in [0.3, 0.4) is 0 Å². The van der Waals surface area contributed by atoms with Gasteiger partial charge in [-0.05, 0) is 63.9 Å². The van der Waals surface area contributed by atoms with Crippen LogP contribution in [0, 0.1) is 6.92 Å². The standard InChI is InChI=1S/C20H26N2O3/c1-15(2)25-18-11-9-17(10-12-18)20(24)21-13-4-5-14-22-16(3)7-6-8-19(22)23/h6-12,15H,4-5,13-14H2,1-3H3,(H,21,24). The molecule has 0 aliphatic rings. The molecule has 0 radical (unpaired) electrons. The van der Waals surface area contributed by atoms with Crippen LogP contribution < -0.4 is 15.6 Å². The molecule has 0 atom stereocenters. The van der Waals surface area contributed by atoms with Crippen molar-refractivity contribution in [3.63, 3.8) is 0 Å². The van der Waals surface area contributed by atoms with E-state index in [1.807, 2.05) is 26.8 Å². The molecular weight excluding hydrogens is 316 g/mol. The maximum absolute atomic E-state index is 12.1. The zero-order valence-electron chi connectivity index (χ0n) is 15.1. The fourth-order valence-electron chi connectivity index (χ4n) is 2.57. The summed E-state index contributed by atoms with van der Waals surface area (Å²) in [6.07, 6.45) is 1.77. The minimum atomic E-state index is -0.0934. The van der Waals surface area contributed by atoms with Gasteiger partial charge in [0.1, 0.15) is 5.75 Å². The Hall–Kier alpha value is -2.56. The van der Waals surface area contributed by atoms with Crippen LogP contribution in [0.25, 0.3) is 0 Å². The first kappa shape index (κ1) is 18.8. The van der Waals surface area contributed by atoms with Crippen molar-refractivity contribution in [3.05, 3.63) is 64.1 Å². The summed E-state index contributed by atoms with van der Waals surface area (Å²) in [6.45, 7) is 7.11. The zero-order valence-corrected chi connectivity index (χ0v) is 15.1. The van der Waals surface area contributed by atoms with Gasteiger partial charge in [-0.25, -0.2) is 0 Å². The lowest BCUT2D eigenvalue weighted by molar-refractivity contribution is 0.0953. The maximum Gasteiger partial charge on any atom is 0.251 e. The Balaban J connectivity index is 1.74. The second-order valence-electron chi connectivity index (χ2n) is 6.31. The van der Waals surface area contributed by atoms with E-state index in [9.17, 15) is 9.59 Å². The topological polar surface area (TPSA) is 60.3 Å². The molecule has 25 heavy (non-hydrogen) atoms. The van der Waals surface area contributed by atoms with E-state index < -0.39 is 0 Å². The molecule has 5 heteroatoms. The van der Waals surface area contributed by atoms with Crippen molar-refractivity contribution in [3.8, 4) is 5.75 Å². The number of rotatable bonds is 8. The van der Waals surface area contributed by atoms with E-state index >= 15 is 0 Å². The van der Waals surface area contributed by atoms with Crippen molar-refractivity contribution in [2.75, 3.05) is 6.54 Å². The normalized spacial score (nSPS) is 10.7. The number of nitrogens with zero attached hydrogens (tertiary/aromatic N) is 1. The number of amides is 1. The number of hydrogen-bond donors (Lipinski definition) is 1. The number of unbranched alkanes of at least 4 members (excludes halogenated alkanes) is 1. The van der Waals surface area contributed by atoms with Crippen molar-refractivity contribution < 1.29 is 9.53 Å². The van der Waals surface area contributed by atoms with Crippen LogP contribution in [0.2, 0.25) is 0 Å². The number of ether oxygens (including phenoxy) is 1. The summed E-state index contributed by atoms with van der Waals surface area (Å²) in [5.74, 6) is 0.666. The molecule has 1 N–H and O–H groups in total. The maximum atomic E-state index is 12.1. The van der Waals surface area contributed by atoms with Gasteiger partial charge in [-0.15, -0.1) is 0 Å². The zero-order chi connectivity index (χ0) is 18.2. The fourth-order valence-corrected chi connectivity index (χ4v) is 2.57.